The van der Waals surface area contributed by atoms with E-state index in [1.807, 2.05) is 18.3 Å². The average molecular weight is 455 g/mol. The molecule has 3 rings (SSSR count). The van der Waals surface area contributed by atoms with Crippen LogP contribution < -0.4 is 4.90 Å². The zero-order valence-corrected chi connectivity index (χ0v) is 17.2. The minimum Gasteiger partial charge on any atom is -0.475 e. The molecule has 2 aliphatic rings. The summed E-state index contributed by atoms with van der Waals surface area (Å²) in [6, 6.07) is 3.89. The van der Waals surface area contributed by atoms with Gasteiger partial charge in [0, 0.05) is 25.8 Å². The summed E-state index contributed by atoms with van der Waals surface area (Å²) < 4.78 is 69.5. The third-order valence-corrected chi connectivity index (χ3v) is 6.40. The van der Waals surface area contributed by atoms with Crippen LogP contribution in [0.3, 0.4) is 0 Å². The van der Waals surface area contributed by atoms with Gasteiger partial charge in [0.2, 0.25) is 10.0 Å². The molecule has 1 unspecified atom stereocenters. The van der Waals surface area contributed by atoms with Crippen molar-refractivity contribution in [3.63, 3.8) is 0 Å². The van der Waals surface area contributed by atoms with Crippen molar-refractivity contribution in [3.05, 3.63) is 24.5 Å². The smallest absolute Gasteiger partial charge is 0.475 e. The van der Waals surface area contributed by atoms with E-state index in [0.29, 0.717) is 39.5 Å². The molecule has 13 heteroatoms. The van der Waals surface area contributed by atoms with E-state index in [0.717, 1.165) is 12.2 Å². The number of anilines is 1. The van der Waals surface area contributed by atoms with Gasteiger partial charge in [-0.3, -0.25) is 4.98 Å². The van der Waals surface area contributed by atoms with Gasteiger partial charge in [0.15, 0.2) is 0 Å². The Kier molecular flexibility index (Phi) is 8.02. The highest BCUT2D eigenvalue weighted by molar-refractivity contribution is 7.89. The Bertz CT molecular complexity index is 809. The van der Waals surface area contributed by atoms with Crippen LogP contribution in [0.15, 0.2) is 24.5 Å². The first-order valence-electron chi connectivity index (χ1n) is 9.14. The fourth-order valence-corrected chi connectivity index (χ4v) is 4.23. The SMILES string of the molecule is CCS(=O)(=O)N1CCOC2(COCCN(c3cccnc3)C2)C1.O=C(O)C(F)(F)F. The summed E-state index contributed by atoms with van der Waals surface area (Å²) >= 11 is 0. The molecule has 2 fully saturated rings. The van der Waals surface area contributed by atoms with E-state index >= 15 is 0 Å². The Hall–Kier alpha value is -1.96. The molecule has 0 saturated carbocycles. The first kappa shape index (κ1) is 24.3. The number of carbonyl (C=O) groups is 1. The summed E-state index contributed by atoms with van der Waals surface area (Å²) in [6.45, 7) is 5.11. The van der Waals surface area contributed by atoms with Crippen LogP contribution in [0.2, 0.25) is 0 Å². The van der Waals surface area contributed by atoms with Crippen molar-refractivity contribution in [2.45, 2.75) is 18.7 Å². The molecule has 0 aromatic carbocycles. The fraction of sp³-hybridized carbons (Fsp3) is 0.647. The van der Waals surface area contributed by atoms with Gasteiger partial charge in [0.25, 0.3) is 0 Å². The van der Waals surface area contributed by atoms with Crippen molar-refractivity contribution in [2.24, 2.45) is 0 Å². The molecule has 1 N–H and O–H groups in total. The predicted molar refractivity (Wildman–Crippen MR) is 101 cm³/mol. The lowest BCUT2D eigenvalue weighted by molar-refractivity contribution is -0.192. The summed E-state index contributed by atoms with van der Waals surface area (Å²) in [7, 11) is -3.22. The molecule has 170 valence electrons. The monoisotopic (exact) mass is 455 g/mol. The maximum absolute atomic E-state index is 12.2. The molecule has 1 spiro atoms. The van der Waals surface area contributed by atoms with Gasteiger partial charge in [-0.05, 0) is 19.1 Å². The van der Waals surface area contributed by atoms with Crippen LogP contribution in [0.25, 0.3) is 0 Å². The number of hydrogen-bond donors (Lipinski definition) is 1. The molecule has 0 aliphatic carbocycles. The summed E-state index contributed by atoms with van der Waals surface area (Å²) in [4.78, 5) is 15.2. The predicted octanol–water partition coefficient (Wildman–Crippen LogP) is 0.972. The van der Waals surface area contributed by atoms with Crippen LogP contribution in [-0.2, 0) is 24.3 Å². The molecule has 2 aliphatic heterocycles. The number of ether oxygens (including phenoxy) is 2. The van der Waals surface area contributed by atoms with Gasteiger partial charge in [-0.25, -0.2) is 13.2 Å². The number of aliphatic carboxylic acids is 1. The number of pyridine rings is 1. The number of carboxylic acids is 1. The minimum absolute atomic E-state index is 0.107. The normalized spacial score (nSPS) is 23.4. The van der Waals surface area contributed by atoms with Crippen molar-refractivity contribution in [1.29, 1.82) is 0 Å². The summed E-state index contributed by atoms with van der Waals surface area (Å²) in [6.07, 6.45) is -1.54. The van der Waals surface area contributed by atoms with Crippen LogP contribution in [0, 0.1) is 0 Å². The van der Waals surface area contributed by atoms with E-state index in [1.165, 1.54) is 4.31 Å². The number of carboxylic acid groups (broad SMARTS) is 1. The summed E-state index contributed by atoms with van der Waals surface area (Å²) in [5.74, 6) is -2.65. The van der Waals surface area contributed by atoms with Crippen LogP contribution in [0.4, 0.5) is 18.9 Å². The Balaban J connectivity index is 0.000000396. The van der Waals surface area contributed by atoms with Crippen molar-refractivity contribution >= 4 is 21.7 Å². The molecule has 0 bridgehead atoms. The van der Waals surface area contributed by atoms with E-state index in [1.54, 1.807) is 13.1 Å². The number of nitrogens with zero attached hydrogens (tertiary/aromatic N) is 3. The molecule has 2 saturated heterocycles. The third kappa shape index (κ3) is 6.52. The zero-order valence-electron chi connectivity index (χ0n) is 16.3. The van der Waals surface area contributed by atoms with E-state index in [9.17, 15) is 21.6 Å². The standard InChI is InChI=1S/C15H23N3O4S.C2HF3O2/c1-2-23(19,20)18-7-9-22-15(12-18)11-17(6-8-21-13-15)14-4-3-5-16-10-14;3-2(4,5)1(6)7/h3-5,10H,2,6-9,11-13H2,1H3;(H,6,7). The Morgan fingerprint density at radius 2 is 2.00 bits per heavy atom. The lowest BCUT2D eigenvalue weighted by Crippen LogP contribution is -2.60. The second kappa shape index (κ2) is 9.90. The number of aromatic nitrogens is 1. The lowest BCUT2D eigenvalue weighted by Gasteiger charge is -2.43. The molecule has 0 amide bonds. The number of hydrogen-bond acceptors (Lipinski definition) is 7. The maximum atomic E-state index is 12.2. The van der Waals surface area contributed by atoms with Crippen LogP contribution in [0.5, 0.6) is 0 Å². The lowest BCUT2D eigenvalue weighted by atomic mass is 10.0. The first-order chi connectivity index (χ1) is 14.0. The Morgan fingerprint density at radius 3 is 2.57 bits per heavy atom. The van der Waals surface area contributed by atoms with Crippen molar-refractivity contribution < 1.29 is 41.0 Å². The highest BCUT2D eigenvalue weighted by atomic mass is 32.2. The quantitative estimate of drug-likeness (QED) is 0.718. The third-order valence-electron chi connectivity index (χ3n) is 4.57. The van der Waals surface area contributed by atoms with Crippen LogP contribution in [0.1, 0.15) is 6.92 Å². The van der Waals surface area contributed by atoms with Gasteiger partial charge < -0.3 is 19.5 Å². The van der Waals surface area contributed by atoms with Gasteiger partial charge in [-0.1, -0.05) is 0 Å². The summed E-state index contributed by atoms with van der Waals surface area (Å²) in [5, 5.41) is 7.12. The molecule has 0 radical (unpaired) electrons. The molecular weight excluding hydrogens is 431 g/mol. The first-order valence-corrected chi connectivity index (χ1v) is 10.7. The van der Waals surface area contributed by atoms with Gasteiger partial charge in [0.1, 0.15) is 5.60 Å². The Morgan fingerprint density at radius 1 is 1.30 bits per heavy atom. The molecule has 1 atom stereocenters. The van der Waals surface area contributed by atoms with Crippen molar-refractivity contribution in [3.8, 4) is 0 Å². The van der Waals surface area contributed by atoms with E-state index in [4.69, 9.17) is 19.4 Å². The number of morpholine rings is 1. The van der Waals surface area contributed by atoms with Crippen molar-refractivity contribution in [2.75, 3.05) is 56.7 Å². The van der Waals surface area contributed by atoms with Gasteiger partial charge in [-0.15, -0.1) is 0 Å². The highest BCUT2D eigenvalue weighted by Crippen LogP contribution is 2.27. The van der Waals surface area contributed by atoms with Gasteiger partial charge in [-0.2, -0.15) is 17.5 Å². The zero-order chi connectivity index (χ0) is 22.4. The highest BCUT2D eigenvalue weighted by Gasteiger charge is 2.43. The van der Waals surface area contributed by atoms with Gasteiger partial charge in [0.05, 0.1) is 44.0 Å². The van der Waals surface area contributed by atoms with Crippen LogP contribution >= 0.6 is 0 Å². The van der Waals surface area contributed by atoms with Crippen LogP contribution in [-0.4, -0.2) is 92.3 Å². The molecule has 3 heterocycles. The second-order valence-electron chi connectivity index (χ2n) is 6.75. The maximum Gasteiger partial charge on any atom is 0.490 e. The fourth-order valence-electron chi connectivity index (χ4n) is 3.08. The number of rotatable bonds is 3. The molecule has 1 aromatic rings. The van der Waals surface area contributed by atoms with E-state index in [2.05, 4.69) is 9.88 Å². The molecule has 1 aromatic heterocycles. The van der Waals surface area contributed by atoms with E-state index < -0.39 is 27.8 Å². The summed E-state index contributed by atoms with van der Waals surface area (Å²) in [5.41, 5.74) is 0.365. The average Bonchev–Trinajstić information content (AvgIpc) is 2.91. The molecule has 30 heavy (non-hydrogen) atoms. The number of halogens is 3. The largest absolute Gasteiger partial charge is 0.490 e. The number of alkyl halides is 3. The minimum atomic E-state index is -5.08. The molecular formula is C17H24F3N3O6S. The topological polar surface area (TPSA) is 109 Å². The second-order valence-corrected chi connectivity index (χ2v) is 9.01. The number of sulfonamides is 1. The van der Waals surface area contributed by atoms with Gasteiger partial charge >= 0.3 is 12.1 Å². The van der Waals surface area contributed by atoms with E-state index in [-0.39, 0.29) is 5.75 Å². The Labute approximate surface area is 172 Å². The molecule has 9 nitrogen and oxygen atoms in total. The van der Waals surface area contributed by atoms with Crippen molar-refractivity contribution in [1.82, 2.24) is 9.29 Å².